The Hall–Kier alpha value is -4.31. The summed E-state index contributed by atoms with van der Waals surface area (Å²) in [6.45, 7) is 5.28. The zero-order valence-corrected chi connectivity index (χ0v) is 24.4. The van der Waals surface area contributed by atoms with Crippen LogP contribution in [0.1, 0.15) is 32.8 Å². The fourth-order valence-electron chi connectivity index (χ4n) is 4.15. The lowest BCUT2D eigenvalue weighted by molar-refractivity contribution is -0.121. The molecule has 2 amide bonds. The Morgan fingerprint density at radius 1 is 1.05 bits per heavy atom. The average molecular weight is 581 g/mol. The molecule has 0 saturated carbocycles. The molecule has 41 heavy (non-hydrogen) atoms. The minimum Gasteiger partial charge on any atom is -0.493 e. The van der Waals surface area contributed by atoms with E-state index in [-0.39, 0.29) is 19.5 Å². The summed E-state index contributed by atoms with van der Waals surface area (Å²) in [7, 11) is 3.09. The van der Waals surface area contributed by atoms with Crippen LogP contribution in [0.4, 0.5) is 4.79 Å². The summed E-state index contributed by atoms with van der Waals surface area (Å²) in [6, 6.07) is 14.6. The number of hydrogen-bond donors (Lipinski definition) is 1. The van der Waals surface area contributed by atoms with Crippen molar-refractivity contribution in [2.24, 2.45) is 4.99 Å². The topological polar surface area (TPSA) is 112 Å². The quantitative estimate of drug-likeness (QED) is 0.336. The zero-order valence-electron chi connectivity index (χ0n) is 23.6. The monoisotopic (exact) mass is 580 g/mol. The molecular formula is C30H33ClN4O6. The van der Waals surface area contributed by atoms with Crippen LogP contribution in [0.2, 0.25) is 0 Å². The van der Waals surface area contributed by atoms with E-state index in [0.29, 0.717) is 33.8 Å². The van der Waals surface area contributed by atoms with Crippen molar-refractivity contribution in [3.8, 4) is 17.2 Å². The van der Waals surface area contributed by atoms with Crippen LogP contribution < -0.4 is 19.5 Å². The number of halogens is 1. The lowest BCUT2D eigenvalue weighted by Gasteiger charge is -2.29. The lowest BCUT2D eigenvalue weighted by atomic mass is 10.1. The lowest BCUT2D eigenvalue weighted by Crippen LogP contribution is -2.44. The summed E-state index contributed by atoms with van der Waals surface area (Å²) in [5.74, 6) is 1.06. The number of ether oxygens (including phenoxy) is 4. The second-order valence-electron chi connectivity index (χ2n) is 10.4. The van der Waals surface area contributed by atoms with E-state index in [9.17, 15) is 9.59 Å². The van der Waals surface area contributed by atoms with Crippen LogP contribution >= 0.6 is 11.6 Å². The molecule has 1 N–H and O–H groups in total. The van der Waals surface area contributed by atoms with Gasteiger partial charge in [0.15, 0.2) is 11.5 Å². The number of fused-ring (bicyclic) bond motifs is 1. The number of nitrogens with one attached hydrogen (secondary N) is 1. The number of hydrogen-bond acceptors (Lipinski definition) is 8. The molecule has 0 bridgehead atoms. The van der Waals surface area contributed by atoms with Crippen molar-refractivity contribution in [1.82, 2.24) is 15.2 Å². The molecule has 0 aliphatic carbocycles. The highest BCUT2D eigenvalue weighted by atomic mass is 35.5. The number of aromatic nitrogens is 1. The Morgan fingerprint density at radius 2 is 1.76 bits per heavy atom. The number of carbonyl (C=O) groups is 2. The third kappa shape index (κ3) is 7.88. The molecule has 1 atom stereocenters. The highest BCUT2D eigenvalue weighted by Crippen LogP contribution is 2.38. The second-order valence-corrected chi connectivity index (χ2v) is 11.0. The molecule has 0 fully saturated rings. The fraction of sp³-hybridized carbons (Fsp3) is 0.333. The number of benzene rings is 2. The third-order valence-electron chi connectivity index (χ3n) is 5.92. The van der Waals surface area contributed by atoms with Gasteiger partial charge >= 0.3 is 6.09 Å². The predicted molar refractivity (Wildman–Crippen MR) is 156 cm³/mol. The van der Waals surface area contributed by atoms with Gasteiger partial charge in [0.25, 0.3) is 0 Å². The molecule has 0 radical (unpaired) electrons. The summed E-state index contributed by atoms with van der Waals surface area (Å²) in [5.41, 5.74) is 1.19. The second kappa shape index (κ2) is 12.5. The Bertz CT molecular complexity index is 1470. The van der Waals surface area contributed by atoms with Crippen LogP contribution in [-0.4, -0.2) is 59.5 Å². The van der Waals surface area contributed by atoms with Crippen molar-refractivity contribution in [2.75, 3.05) is 20.8 Å². The maximum absolute atomic E-state index is 13.1. The number of rotatable bonds is 9. The largest absolute Gasteiger partial charge is 0.493 e. The van der Waals surface area contributed by atoms with Gasteiger partial charge in [-0.1, -0.05) is 41.9 Å². The van der Waals surface area contributed by atoms with Crippen molar-refractivity contribution >= 4 is 40.7 Å². The van der Waals surface area contributed by atoms with Gasteiger partial charge in [0, 0.05) is 42.5 Å². The Kier molecular flexibility index (Phi) is 9.02. The molecule has 11 heteroatoms. The van der Waals surface area contributed by atoms with E-state index in [4.69, 9.17) is 30.5 Å². The van der Waals surface area contributed by atoms with Crippen molar-refractivity contribution in [2.45, 2.75) is 44.4 Å². The number of carbonyl (C=O) groups excluding carboxylic acids is 2. The first-order valence-electron chi connectivity index (χ1n) is 12.9. The van der Waals surface area contributed by atoms with Gasteiger partial charge in [0.1, 0.15) is 17.9 Å². The maximum Gasteiger partial charge on any atom is 0.411 e. The first kappa shape index (κ1) is 29.7. The van der Waals surface area contributed by atoms with Crippen LogP contribution in [0.3, 0.4) is 0 Å². The highest BCUT2D eigenvalue weighted by Gasteiger charge is 2.33. The van der Waals surface area contributed by atoms with Crippen LogP contribution in [0.5, 0.6) is 17.2 Å². The number of amides is 2. The molecule has 2 aromatic carbocycles. The molecule has 1 unspecified atom stereocenters. The molecule has 4 rings (SSSR count). The van der Waals surface area contributed by atoms with Crippen LogP contribution in [0.15, 0.2) is 71.6 Å². The molecule has 216 valence electrons. The molecule has 1 aliphatic heterocycles. The van der Waals surface area contributed by atoms with E-state index in [2.05, 4.69) is 15.3 Å². The predicted octanol–water partition coefficient (Wildman–Crippen LogP) is 5.44. The van der Waals surface area contributed by atoms with E-state index in [0.717, 1.165) is 5.56 Å². The van der Waals surface area contributed by atoms with Gasteiger partial charge in [-0.25, -0.2) is 4.79 Å². The molecule has 3 aromatic rings. The van der Waals surface area contributed by atoms with Crippen molar-refractivity contribution in [1.29, 1.82) is 0 Å². The van der Waals surface area contributed by atoms with Gasteiger partial charge in [-0.2, -0.15) is 0 Å². The summed E-state index contributed by atoms with van der Waals surface area (Å²) in [4.78, 5) is 35.9. The molecule has 0 spiro atoms. The first-order chi connectivity index (χ1) is 19.5. The number of aliphatic imine (C=N–C) groups is 1. The molecular weight excluding hydrogens is 548 g/mol. The van der Waals surface area contributed by atoms with Crippen LogP contribution in [0.25, 0.3) is 10.9 Å². The maximum atomic E-state index is 13.1. The number of alkyl halides is 1. The highest BCUT2D eigenvalue weighted by molar-refractivity contribution is 6.31. The van der Waals surface area contributed by atoms with Gasteiger partial charge in [-0.3, -0.25) is 19.7 Å². The van der Waals surface area contributed by atoms with E-state index in [1.165, 1.54) is 17.3 Å². The molecule has 10 nitrogen and oxygen atoms in total. The van der Waals surface area contributed by atoms with Crippen LogP contribution in [0, 0.1) is 0 Å². The SMILES string of the molecule is COc1cc2nccc(OC3(Cl)C=NC=C(NC(=O)CN(Cc4ccccc4)C(=O)OC(C)(C)C)C3)c2cc1OC. The van der Waals surface area contributed by atoms with E-state index >= 15 is 0 Å². The van der Waals surface area contributed by atoms with Crippen molar-refractivity contribution < 1.29 is 28.5 Å². The average Bonchev–Trinajstić information content (AvgIpc) is 2.91. The number of pyridine rings is 1. The van der Waals surface area contributed by atoms with E-state index < -0.39 is 22.7 Å². The third-order valence-corrected chi connectivity index (χ3v) is 6.23. The van der Waals surface area contributed by atoms with Crippen LogP contribution in [-0.2, 0) is 16.1 Å². The van der Waals surface area contributed by atoms with Crippen molar-refractivity contribution in [3.05, 3.63) is 72.2 Å². The van der Waals surface area contributed by atoms with Gasteiger partial charge in [0.2, 0.25) is 11.0 Å². The van der Waals surface area contributed by atoms with Crippen molar-refractivity contribution in [3.63, 3.8) is 0 Å². The Balaban J connectivity index is 1.47. The number of methoxy groups -OCH3 is 2. The summed E-state index contributed by atoms with van der Waals surface area (Å²) in [6.07, 6.45) is 4.06. The van der Waals surface area contributed by atoms with Gasteiger partial charge < -0.3 is 24.3 Å². The smallest absolute Gasteiger partial charge is 0.411 e. The normalized spacial score (nSPS) is 16.5. The van der Waals surface area contributed by atoms with Gasteiger partial charge in [-0.05, 0) is 38.5 Å². The van der Waals surface area contributed by atoms with E-state index in [1.807, 2.05) is 30.3 Å². The molecule has 1 aliphatic rings. The van der Waals surface area contributed by atoms with Gasteiger partial charge in [0.05, 0.1) is 26.0 Å². The standard InChI is InChI=1S/C30H33ClN4O6/c1-29(2,3)41-28(37)35(17-20-9-7-6-8-10-20)18-27(36)34-21-15-30(31,19-32-16-21)40-24-11-12-33-23-14-26(39-5)25(38-4)13-22(23)24/h6-14,16,19H,15,17-18H2,1-5H3,(H,34,36). The summed E-state index contributed by atoms with van der Waals surface area (Å²) >= 11 is 6.83. The Morgan fingerprint density at radius 3 is 2.44 bits per heavy atom. The fourth-order valence-corrected chi connectivity index (χ4v) is 4.44. The summed E-state index contributed by atoms with van der Waals surface area (Å²) < 4.78 is 22.5. The minimum atomic E-state index is -1.40. The molecule has 2 heterocycles. The Labute approximate surface area is 243 Å². The van der Waals surface area contributed by atoms with Gasteiger partial charge in [-0.15, -0.1) is 0 Å². The first-order valence-corrected chi connectivity index (χ1v) is 13.3. The number of nitrogens with zero attached hydrogens (tertiary/aromatic N) is 3. The zero-order chi connectivity index (χ0) is 29.6. The molecule has 0 saturated heterocycles. The van der Waals surface area contributed by atoms with E-state index in [1.54, 1.807) is 59.4 Å². The minimum absolute atomic E-state index is 0.103. The molecule has 1 aromatic heterocycles. The summed E-state index contributed by atoms with van der Waals surface area (Å²) in [5, 5.41) is 2.07.